The molecule has 2 aliphatic rings. The van der Waals surface area contributed by atoms with Gasteiger partial charge in [-0.1, -0.05) is 19.3 Å². The molecule has 1 aliphatic carbocycles. The number of halogens is 3. The number of amides is 3. The molecule has 1 aromatic rings. The van der Waals surface area contributed by atoms with Crippen molar-refractivity contribution in [1.82, 2.24) is 10.6 Å². The fourth-order valence-corrected chi connectivity index (χ4v) is 4.13. The number of piperazine rings is 1. The van der Waals surface area contributed by atoms with Crippen LogP contribution in [0.5, 0.6) is 0 Å². The van der Waals surface area contributed by atoms with Gasteiger partial charge in [0.05, 0.1) is 5.56 Å². The third kappa shape index (κ3) is 5.84. The molecular weight excluding hydrogens is 399 g/mol. The standard InChI is InChI=1S/C20H28F3N5O2/c1-14(18(29)26-19(30)25-16-5-3-2-4-6-16)27-9-11-28(12-10-27)17-8-7-15(13-24-17)20(21,22)23/h7-8,13-14,16H,2-6,9-12H2,1H3,(H2,25,26,29,30)/p+2/t14-/m0/s1. The lowest BCUT2D eigenvalue weighted by Crippen LogP contribution is -3.19. The van der Waals surface area contributed by atoms with Crippen molar-refractivity contribution >= 4 is 17.8 Å². The highest BCUT2D eigenvalue weighted by atomic mass is 19.4. The average Bonchev–Trinajstić information content (AvgIpc) is 2.73. The Balaban J connectivity index is 1.45. The zero-order valence-corrected chi connectivity index (χ0v) is 17.1. The lowest BCUT2D eigenvalue weighted by Gasteiger charge is -2.31. The van der Waals surface area contributed by atoms with Crippen LogP contribution in [-0.4, -0.2) is 50.2 Å². The lowest BCUT2D eigenvalue weighted by atomic mass is 9.96. The number of imide groups is 1. The van der Waals surface area contributed by atoms with Gasteiger partial charge in [0.2, 0.25) is 0 Å². The monoisotopic (exact) mass is 429 g/mol. The van der Waals surface area contributed by atoms with Crippen molar-refractivity contribution in [2.75, 3.05) is 31.1 Å². The fraction of sp³-hybridized carbons (Fsp3) is 0.650. The van der Waals surface area contributed by atoms with Gasteiger partial charge >= 0.3 is 12.2 Å². The quantitative estimate of drug-likeness (QED) is 0.662. The zero-order chi connectivity index (χ0) is 21.7. The van der Waals surface area contributed by atoms with Crippen LogP contribution >= 0.6 is 0 Å². The van der Waals surface area contributed by atoms with E-state index in [0.29, 0.717) is 32.0 Å². The van der Waals surface area contributed by atoms with Crippen molar-refractivity contribution in [3.63, 3.8) is 0 Å². The van der Waals surface area contributed by atoms with E-state index in [9.17, 15) is 22.8 Å². The molecule has 0 bridgehead atoms. The molecule has 1 aromatic heterocycles. The molecule has 3 rings (SSSR count). The van der Waals surface area contributed by atoms with Crippen molar-refractivity contribution in [1.29, 1.82) is 0 Å². The van der Waals surface area contributed by atoms with Crippen LogP contribution in [0.2, 0.25) is 0 Å². The SMILES string of the molecule is C[C@@H](C(=O)NC(=O)NC1CCCCC1)[NH+]1CCN(c2ccc(C(F)(F)F)c[nH+]2)CC1. The minimum absolute atomic E-state index is 0.137. The number of hydrogen-bond donors (Lipinski definition) is 3. The fourth-order valence-electron chi connectivity index (χ4n) is 4.13. The molecule has 10 heteroatoms. The Bertz CT molecular complexity index is 727. The normalized spacial score (nSPS) is 19.9. The molecule has 0 spiro atoms. The number of nitrogens with zero attached hydrogens (tertiary/aromatic N) is 1. The number of rotatable bonds is 4. The summed E-state index contributed by atoms with van der Waals surface area (Å²) >= 11 is 0. The van der Waals surface area contributed by atoms with E-state index < -0.39 is 17.8 Å². The van der Waals surface area contributed by atoms with Gasteiger partial charge in [0.15, 0.2) is 6.04 Å². The van der Waals surface area contributed by atoms with Crippen molar-refractivity contribution in [3.05, 3.63) is 23.9 Å². The number of quaternary nitrogens is 1. The second-order valence-corrected chi connectivity index (χ2v) is 8.12. The predicted molar refractivity (Wildman–Crippen MR) is 104 cm³/mol. The number of carbonyl (C=O) groups excluding carboxylic acids is 2. The van der Waals surface area contributed by atoms with Crippen molar-refractivity contribution in [2.24, 2.45) is 0 Å². The molecule has 1 saturated carbocycles. The van der Waals surface area contributed by atoms with Crippen LogP contribution in [0, 0.1) is 0 Å². The van der Waals surface area contributed by atoms with Crippen LogP contribution in [0.25, 0.3) is 0 Å². The van der Waals surface area contributed by atoms with Gasteiger partial charge in [-0.3, -0.25) is 15.0 Å². The summed E-state index contributed by atoms with van der Waals surface area (Å²) in [5.74, 6) is 0.305. The van der Waals surface area contributed by atoms with Gasteiger partial charge < -0.3 is 10.2 Å². The molecule has 4 N–H and O–H groups in total. The van der Waals surface area contributed by atoms with Crippen LogP contribution in [-0.2, 0) is 11.0 Å². The van der Waals surface area contributed by atoms with E-state index in [-0.39, 0.29) is 18.0 Å². The summed E-state index contributed by atoms with van der Waals surface area (Å²) < 4.78 is 38.1. The summed E-state index contributed by atoms with van der Waals surface area (Å²) in [4.78, 5) is 30.3. The number of aromatic nitrogens is 1. The maximum absolute atomic E-state index is 12.7. The van der Waals surface area contributed by atoms with E-state index in [0.717, 1.165) is 42.8 Å². The molecule has 1 atom stereocenters. The Kier molecular flexibility index (Phi) is 7.17. The summed E-state index contributed by atoms with van der Waals surface area (Å²) in [6.45, 7) is 4.28. The first-order chi connectivity index (χ1) is 14.2. The third-order valence-corrected chi connectivity index (χ3v) is 6.05. The van der Waals surface area contributed by atoms with Crippen molar-refractivity contribution < 1.29 is 32.6 Å². The Labute approximate surface area is 174 Å². The van der Waals surface area contributed by atoms with Gasteiger partial charge in [0.25, 0.3) is 11.7 Å². The molecular formula is C20H30F3N5O2+2. The minimum atomic E-state index is -4.37. The second kappa shape index (κ2) is 9.63. The number of anilines is 1. The van der Waals surface area contributed by atoms with Crippen LogP contribution in [0.15, 0.2) is 18.3 Å². The topological polar surface area (TPSA) is 80.0 Å². The predicted octanol–water partition coefficient (Wildman–Crippen LogP) is 0.771. The zero-order valence-electron chi connectivity index (χ0n) is 17.1. The van der Waals surface area contributed by atoms with Gasteiger partial charge in [0.1, 0.15) is 32.4 Å². The number of alkyl halides is 3. The maximum atomic E-state index is 12.7. The minimum Gasteiger partial charge on any atom is -0.335 e. The number of aromatic amines is 1. The average molecular weight is 429 g/mol. The number of H-pyrrole nitrogens is 1. The van der Waals surface area contributed by atoms with Crippen LogP contribution in [0.3, 0.4) is 0 Å². The summed E-state index contributed by atoms with van der Waals surface area (Å²) in [6.07, 6.45) is 1.88. The van der Waals surface area contributed by atoms with Gasteiger partial charge in [-0.25, -0.2) is 9.78 Å². The van der Waals surface area contributed by atoms with E-state index >= 15 is 0 Å². The van der Waals surface area contributed by atoms with Gasteiger partial charge in [0, 0.05) is 12.1 Å². The highest BCUT2D eigenvalue weighted by Crippen LogP contribution is 2.28. The summed E-state index contributed by atoms with van der Waals surface area (Å²) in [5.41, 5.74) is -0.715. The number of nitrogens with one attached hydrogen (secondary N) is 4. The Hall–Kier alpha value is -2.36. The van der Waals surface area contributed by atoms with Gasteiger partial charge in [-0.15, -0.1) is 0 Å². The molecule has 2 heterocycles. The number of urea groups is 1. The molecule has 166 valence electrons. The largest absolute Gasteiger partial charge is 0.419 e. The van der Waals surface area contributed by atoms with Gasteiger partial charge in [-0.05, 0) is 25.8 Å². The molecule has 1 aliphatic heterocycles. The third-order valence-electron chi connectivity index (χ3n) is 6.05. The molecule has 0 aromatic carbocycles. The Morgan fingerprint density at radius 2 is 1.83 bits per heavy atom. The molecule has 3 amide bonds. The van der Waals surface area contributed by atoms with Crippen molar-refractivity contribution in [2.45, 2.75) is 57.3 Å². The lowest BCUT2D eigenvalue weighted by molar-refractivity contribution is -0.914. The molecule has 0 radical (unpaired) electrons. The van der Waals surface area contributed by atoms with E-state index in [1.807, 2.05) is 4.90 Å². The first kappa shape index (κ1) is 22.3. The van der Waals surface area contributed by atoms with Crippen LogP contribution in [0.1, 0.15) is 44.6 Å². The first-order valence-electron chi connectivity index (χ1n) is 10.5. The molecule has 1 saturated heterocycles. The molecule has 7 nitrogen and oxygen atoms in total. The molecule has 30 heavy (non-hydrogen) atoms. The highest BCUT2D eigenvalue weighted by molar-refractivity contribution is 5.96. The van der Waals surface area contributed by atoms with E-state index in [4.69, 9.17) is 0 Å². The summed E-state index contributed by atoms with van der Waals surface area (Å²) in [5, 5.41) is 5.33. The van der Waals surface area contributed by atoms with Gasteiger partial charge in [-0.2, -0.15) is 13.2 Å². The van der Waals surface area contributed by atoms with Crippen LogP contribution in [0.4, 0.5) is 23.8 Å². The van der Waals surface area contributed by atoms with E-state index in [1.54, 1.807) is 6.92 Å². The molecule has 0 unspecified atom stereocenters. The summed E-state index contributed by atoms with van der Waals surface area (Å²) in [7, 11) is 0. The van der Waals surface area contributed by atoms with Crippen LogP contribution < -0.4 is 25.4 Å². The number of carbonyl (C=O) groups is 2. The summed E-state index contributed by atoms with van der Waals surface area (Å²) in [6, 6.07) is 1.81. The highest BCUT2D eigenvalue weighted by Gasteiger charge is 2.35. The smallest absolute Gasteiger partial charge is 0.335 e. The first-order valence-corrected chi connectivity index (χ1v) is 10.5. The van der Waals surface area contributed by atoms with E-state index in [1.165, 1.54) is 12.5 Å². The molecule has 2 fully saturated rings. The Morgan fingerprint density at radius 1 is 1.17 bits per heavy atom. The van der Waals surface area contributed by atoms with E-state index in [2.05, 4.69) is 15.6 Å². The maximum Gasteiger partial charge on any atom is 0.419 e. The number of pyridine rings is 1. The van der Waals surface area contributed by atoms with Crippen molar-refractivity contribution in [3.8, 4) is 0 Å². The Morgan fingerprint density at radius 3 is 2.40 bits per heavy atom. The second-order valence-electron chi connectivity index (χ2n) is 8.12. The number of hydrogen-bond acceptors (Lipinski definition) is 3.